The van der Waals surface area contributed by atoms with Gasteiger partial charge in [-0.15, -0.1) is 0 Å². The van der Waals surface area contributed by atoms with E-state index in [9.17, 15) is 0 Å². The van der Waals surface area contributed by atoms with Crippen molar-refractivity contribution in [2.45, 2.75) is 32.4 Å². The van der Waals surface area contributed by atoms with Crippen LogP contribution in [0.4, 0.5) is 0 Å². The first-order valence-corrected chi connectivity index (χ1v) is 18.4. The van der Waals surface area contributed by atoms with Crippen LogP contribution >= 0.6 is 18.5 Å². The third kappa shape index (κ3) is 4.89. The number of fused-ring (bicyclic) bond motifs is 1. The summed E-state index contributed by atoms with van der Waals surface area (Å²) < 4.78 is 23.5. The Hall–Kier alpha value is -2.83. The zero-order valence-electron chi connectivity index (χ0n) is 20.8. The molecule has 5 nitrogen and oxygen atoms in total. The number of thiophene rings is 1. The van der Waals surface area contributed by atoms with Crippen LogP contribution in [0.5, 0.6) is 0 Å². The summed E-state index contributed by atoms with van der Waals surface area (Å²) in [5.74, 6) is 0. The van der Waals surface area contributed by atoms with Crippen LogP contribution in [-0.4, -0.2) is 29.2 Å². The summed E-state index contributed by atoms with van der Waals surface area (Å²) in [7, 11) is -4.49. The molecule has 0 amide bonds. The van der Waals surface area contributed by atoms with Gasteiger partial charge in [-0.25, -0.2) is 9.97 Å². The number of nitrogens with zero attached hydrogens (tertiary/aromatic N) is 3. The lowest BCUT2D eigenvalue weighted by molar-refractivity contribution is 0.0917. The second-order valence-corrected chi connectivity index (χ2v) is 19.1. The molecule has 184 valence electrons. The molecule has 0 unspecified atom stereocenters. The zero-order valence-corrected chi connectivity index (χ0v) is 23.5. The largest absolute Gasteiger partial charge is 0.361 e. The Morgan fingerprint density at radius 2 is 1.61 bits per heavy atom. The van der Waals surface area contributed by atoms with Crippen molar-refractivity contribution in [2.24, 2.45) is 0 Å². The first-order chi connectivity index (χ1) is 17.4. The van der Waals surface area contributed by atoms with Crippen molar-refractivity contribution in [3.63, 3.8) is 0 Å². The molecule has 0 aliphatic heterocycles. The summed E-state index contributed by atoms with van der Waals surface area (Å²) in [5.41, 5.74) is 3.32. The van der Waals surface area contributed by atoms with Crippen LogP contribution in [0.1, 0.15) is 0 Å². The predicted octanol–water partition coefficient (Wildman–Crippen LogP) is 6.11. The fraction of sp³-hybridized carbons (Fsp3) is 0.214. The Morgan fingerprint density at radius 3 is 2.19 bits per heavy atom. The van der Waals surface area contributed by atoms with Gasteiger partial charge in [0.15, 0.2) is 7.14 Å². The van der Waals surface area contributed by atoms with Gasteiger partial charge in [0.1, 0.15) is 18.7 Å². The molecule has 0 aliphatic rings. The van der Waals surface area contributed by atoms with E-state index in [0.717, 1.165) is 38.9 Å². The first-order valence-electron chi connectivity index (χ1n) is 12.0. The smallest absolute Gasteiger partial charge is 0.186 e. The van der Waals surface area contributed by atoms with Gasteiger partial charge in [0.2, 0.25) is 0 Å². The van der Waals surface area contributed by atoms with Crippen LogP contribution < -0.4 is 16.0 Å². The van der Waals surface area contributed by atoms with E-state index >= 15 is 4.57 Å². The average Bonchev–Trinajstić information content (AvgIpc) is 3.55. The van der Waals surface area contributed by atoms with Crippen LogP contribution in [0.2, 0.25) is 25.7 Å². The second kappa shape index (κ2) is 10.3. The molecule has 5 aromatic rings. The normalized spacial score (nSPS) is 12.3. The number of rotatable bonds is 9. The molecule has 8 heteroatoms. The lowest BCUT2D eigenvalue weighted by Crippen LogP contribution is -2.31. The molecule has 5 rings (SSSR count). The van der Waals surface area contributed by atoms with Crippen molar-refractivity contribution in [2.75, 3.05) is 6.61 Å². The second-order valence-electron chi connectivity index (χ2n) is 10.0. The Labute approximate surface area is 217 Å². The summed E-state index contributed by atoms with van der Waals surface area (Å²) >= 11 is 1.63. The van der Waals surface area contributed by atoms with Crippen LogP contribution in [0.25, 0.3) is 22.3 Å². The third-order valence-electron chi connectivity index (χ3n) is 6.24. The molecule has 0 aliphatic carbocycles. The predicted molar refractivity (Wildman–Crippen MR) is 154 cm³/mol. The molecule has 0 atom stereocenters. The number of hydrogen-bond acceptors (Lipinski definition) is 5. The number of benzene rings is 2. The molecule has 3 aromatic heterocycles. The number of ether oxygens (including phenoxy) is 1. The van der Waals surface area contributed by atoms with Crippen LogP contribution in [-0.2, 0) is 16.0 Å². The summed E-state index contributed by atoms with van der Waals surface area (Å²) in [6, 6.07) is 24.6. The van der Waals surface area contributed by atoms with Crippen molar-refractivity contribution in [1.29, 1.82) is 0 Å². The molecule has 0 saturated heterocycles. The van der Waals surface area contributed by atoms with Crippen LogP contribution in [0, 0.1) is 0 Å². The van der Waals surface area contributed by atoms with E-state index in [1.165, 1.54) is 0 Å². The SMILES string of the molecule is C[Si](C)(C)CCOCn1c(P(=O)(c2ccccc2)c2ccccc2)cc2c(-c3ccsc3)ncnc21. The average molecular weight is 532 g/mol. The van der Waals surface area contributed by atoms with Crippen molar-refractivity contribution < 1.29 is 9.30 Å². The molecule has 3 heterocycles. The van der Waals surface area contributed by atoms with E-state index in [4.69, 9.17) is 4.74 Å². The fourth-order valence-electron chi connectivity index (χ4n) is 4.29. The molecule has 0 radical (unpaired) electrons. The van der Waals surface area contributed by atoms with Gasteiger partial charge in [0, 0.05) is 41.6 Å². The van der Waals surface area contributed by atoms with E-state index in [2.05, 4.69) is 41.1 Å². The van der Waals surface area contributed by atoms with E-state index in [1.54, 1.807) is 17.7 Å². The van der Waals surface area contributed by atoms with Gasteiger partial charge in [-0.2, -0.15) is 11.3 Å². The lowest BCUT2D eigenvalue weighted by atomic mass is 10.2. The number of aromatic nitrogens is 3. The molecule has 0 spiro atoms. The Kier molecular flexibility index (Phi) is 7.09. The Bertz CT molecular complexity index is 1450. The lowest BCUT2D eigenvalue weighted by Gasteiger charge is -2.22. The van der Waals surface area contributed by atoms with Gasteiger partial charge in [0.05, 0.1) is 11.1 Å². The maximum atomic E-state index is 15.3. The molecule has 2 aromatic carbocycles. The summed E-state index contributed by atoms with van der Waals surface area (Å²) in [4.78, 5) is 9.28. The van der Waals surface area contributed by atoms with Gasteiger partial charge in [-0.05, 0) is 23.6 Å². The third-order valence-corrected chi connectivity index (χ3v) is 11.7. The quantitative estimate of drug-likeness (QED) is 0.131. The highest BCUT2D eigenvalue weighted by molar-refractivity contribution is 7.85. The van der Waals surface area contributed by atoms with Crippen molar-refractivity contribution >= 4 is 53.6 Å². The number of hydrogen-bond donors (Lipinski definition) is 0. The van der Waals surface area contributed by atoms with Crippen LogP contribution in [0.15, 0.2) is 89.9 Å². The maximum Gasteiger partial charge on any atom is 0.186 e. The monoisotopic (exact) mass is 531 g/mol. The minimum absolute atomic E-state index is 0.285. The molecular formula is C28H30N3O2PSSi. The van der Waals surface area contributed by atoms with E-state index in [0.29, 0.717) is 12.0 Å². The minimum atomic E-state index is -3.24. The van der Waals surface area contributed by atoms with Crippen LogP contribution in [0.3, 0.4) is 0 Å². The summed E-state index contributed by atoms with van der Waals surface area (Å²) in [6.45, 7) is 7.97. The Morgan fingerprint density at radius 1 is 0.944 bits per heavy atom. The minimum Gasteiger partial charge on any atom is -0.361 e. The highest BCUT2D eigenvalue weighted by Crippen LogP contribution is 2.44. The molecule has 0 N–H and O–H groups in total. The Balaban J connectivity index is 1.72. The van der Waals surface area contributed by atoms with E-state index in [-0.39, 0.29) is 6.73 Å². The first kappa shape index (κ1) is 24.8. The van der Waals surface area contributed by atoms with Gasteiger partial charge in [0.25, 0.3) is 0 Å². The molecular weight excluding hydrogens is 501 g/mol. The molecule has 0 bridgehead atoms. The summed E-state index contributed by atoms with van der Waals surface area (Å²) in [6.07, 6.45) is 1.59. The zero-order chi connectivity index (χ0) is 25.2. The summed E-state index contributed by atoms with van der Waals surface area (Å²) in [5, 5.41) is 6.57. The highest BCUT2D eigenvalue weighted by atomic mass is 32.1. The van der Waals surface area contributed by atoms with Gasteiger partial charge in [-0.3, -0.25) is 4.57 Å². The van der Waals surface area contributed by atoms with Crippen molar-refractivity contribution in [1.82, 2.24) is 14.5 Å². The van der Waals surface area contributed by atoms with E-state index < -0.39 is 15.2 Å². The molecule has 36 heavy (non-hydrogen) atoms. The standard InChI is InChI=1S/C28H30N3O2PSSi/c1-36(2,3)17-15-33-21-31-26(18-25-27(22-14-16-35-19-22)29-20-30-28(25)31)34(32,23-10-6-4-7-11-23)24-12-8-5-9-13-24/h4-14,16,18-20H,15,17,21H2,1-3H3. The van der Waals surface area contributed by atoms with E-state index in [1.807, 2.05) is 76.7 Å². The highest BCUT2D eigenvalue weighted by Gasteiger charge is 2.34. The van der Waals surface area contributed by atoms with Gasteiger partial charge >= 0.3 is 0 Å². The maximum absolute atomic E-state index is 15.3. The fourth-order valence-corrected chi connectivity index (χ4v) is 8.50. The molecule has 0 fully saturated rings. The van der Waals surface area contributed by atoms with Gasteiger partial charge < -0.3 is 9.30 Å². The van der Waals surface area contributed by atoms with Gasteiger partial charge in [-0.1, -0.05) is 80.3 Å². The van der Waals surface area contributed by atoms with Crippen molar-refractivity contribution in [3.05, 3.63) is 89.9 Å². The van der Waals surface area contributed by atoms with Crippen molar-refractivity contribution in [3.8, 4) is 11.3 Å². The molecule has 0 saturated carbocycles. The topological polar surface area (TPSA) is 57.0 Å².